The first-order valence-electron chi connectivity index (χ1n) is 16.0. The molecule has 0 radical (unpaired) electrons. The third-order valence-electron chi connectivity index (χ3n) is 9.24. The standard InChI is InChI=1S/C43H36N2O/c1-28-15-16-30(3)40(25-28)44(34-11-7-5-8-12-34)38-23-19-32-18-22-37-39(24-20-33-17-21-36(38)42(32)43(33)37)45(35-13-9-6-10-14-35)41-26-29(2)27-46-31(41)4/h5-27,31H,1-4H3. The smallest absolute Gasteiger partial charge is 0.135 e. The lowest BCUT2D eigenvalue weighted by Gasteiger charge is -2.34. The SMILES string of the molecule is CC1=COC(C)C(N(c2ccccc2)c2ccc3ccc4c(N(c5ccccc5)c5cc(C)ccc5C)ccc5ccc2c3c54)=C1. The average molecular weight is 597 g/mol. The van der Waals surface area contributed by atoms with Crippen LogP contribution in [0.25, 0.3) is 32.3 Å². The van der Waals surface area contributed by atoms with Gasteiger partial charge in [0.15, 0.2) is 0 Å². The zero-order valence-corrected chi connectivity index (χ0v) is 26.7. The second-order valence-corrected chi connectivity index (χ2v) is 12.4. The molecule has 0 fully saturated rings. The van der Waals surface area contributed by atoms with Gasteiger partial charge in [-0.1, -0.05) is 84.9 Å². The maximum Gasteiger partial charge on any atom is 0.135 e. The summed E-state index contributed by atoms with van der Waals surface area (Å²) in [5.41, 5.74) is 10.5. The topological polar surface area (TPSA) is 15.7 Å². The first-order chi connectivity index (χ1) is 22.5. The summed E-state index contributed by atoms with van der Waals surface area (Å²) in [7, 11) is 0. The molecule has 3 nitrogen and oxygen atoms in total. The van der Waals surface area contributed by atoms with Crippen LogP contribution < -0.4 is 9.80 Å². The molecule has 0 bridgehead atoms. The Hall–Kier alpha value is -5.54. The lowest BCUT2D eigenvalue weighted by atomic mass is 9.91. The first-order valence-corrected chi connectivity index (χ1v) is 16.0. The van der Waals surface area contributed by atoms with Crippen molar-refractivity contribution in [2.24, 2.45) is 0 Å². The van der Waals surface area contributed by atoms with Crippen molar-refractivity contribution in [1.82, 2.24) is 0 Å². The fourth-order valence-corrected chi connectivity index (χ4v) is 7.02. The molecule has 0 spiro atoms. The van der Waals surface area contributed by atoms with E-state index >= 15 is 0 Å². The lowest BCUT2D eigenvalue weighted by molar-refractivity contribution is 0.185. The van der Waals surface area contributed by atoms with Gasteiger partial charge < -0.3 is 14.5 Å². The van der Waals surface area contributed by atoms with E-state index in [-0.39, 0.29) is 6.10 Å². The second kappa shape index (κ2) is 11.1. The summed E-state index contributed by atoms with van der Waals surface area (Å²) in [5.74, 6) is 0. The van der Waals surface area contributed by atoms with Crippen LogP contribution in [0.15, 0.2) is 151 Å². The highest BCUT2D eigenvalue weighted by molar-refractivity contribution is 6.28. The number of nitrogens with zero attached hydrogens (tertiary/aromatic N) is 2. The monoisotopic (exact) mass is 596 g/mol. The number of hydrogen-bond donors (Lipinski definition) is 0. The van der Waals surface area contributed by atoms with Gasteiger partial charge in [-0.2, -0.15) is 0 Å². The third kappa shape index (κ3) is 4.59. The summed E-state index contributed by atoms with van der Waals surface area (Å²) in [5, 5.41) is 7.48. The Bertz CT molecular complexity index is 2280. The number of para-hydroxylation sites is 2. The van der Waals surface area contributed by atoms with Crippen molar-refractivity contribution in [2.75, 3.05) is 9.80 Å². The summed E-state index contributed by atoms with van der Waals surface area (Å²) >= 11 is 0. The van der Waals surface area contributed by atoms with Gasteiger partial charge in [0.05, 0.1) is 23.3 Å². The highest BCUT2D eigenvalue weighted by Crippen LogP contribution is 2.47. The third-order valence-corrected chi connectivity index (χ3v) is 9.24. The van der Waals surface area contributed by atoms with Crippen molar-refractivity contribution in [2.45, 2.75) is 33.8 Å². The van der Waals surface area contributed by atoms with Gasteiger partial charge in [0.25, 0.3) is 0 Å². The maximum atomic E-state index is 6.12. The molecule has 0 N–H and O–H groups in total. The van der Waals surface area contributed by atoms with E-state index in [0.717, 1.165) is 28.3 Å². The van der Waals surface area contributed by atoms with Crippen molar-refractivity contribution in [3.63, 3.8) is 0 Å². The van der Waals surface area contributed by atoms with E-state index in [4.69, 9.17) is 4.74 Å². The molecule has 0 saturated carbocycles. The molecule has 1 atom stereocenters. The van der Waals surface area contributed by atoms with Crippen molar-refractivity contribution in [3.05, 3.63) is 162 Å². The van der Waals surface area contributed by atoms with Crippen LogP contribution in [0.3, 0.4) is 0 Å². The zero-order chi connectivity index (χ0) is 31.4. The summed E-state index contributed by atoms with van der Waals surface area (Å²) < 4.78 is 6.12. The summed E-state index contributed by atoms with van der Waals surface area (Å²) in [6.07, 6.45) is 4.02. The van der Waals surface area contributed by atoms with Gasteiger partial charge in [-0.25, -0.2) is 0 Å². The summed E-state index contributed by atoms with van der Waals surface area (Å²) in [6, 6.07) is 46.4. The molecule has 3 heteroatoms. The Kier molecular flexibility index (Phi) is 6.76. The molecular weight excluding hydrogens is 560 g/mol. The molecule has 1 unspecified atom stereocenters. The van der Waals surface area contributed by atoms with Crippen molar-refractivity contribution >= 4 is 60.8 Å². The van der Waals surface area contributed by atoms with Gasteiger partial charge in [-0.15, -0.1) is 0 Å². The highest BCUT2D eigenvalue weighted by Gasteiger charge is 2.26. The molecule has 1 heterocycles. The minimum atomic E-state index is -0.0916. The Balaban J connectivity index is 1.42. The Morgan fingerprint density at radius 3 is 1.70 bits per heavy atom. The van der Waals surface area contributed by atoms with E-state index < -0.39 is 0 Å². The zero-order valence-electron chi connectivity index (χ0n) is 26.7. The van der Waals surface area contributed by atoms with Gasteiger partial charge in [0, 0.05) is 27.8 Å². The molecule has 1 aliphatic rings. The molecule has 0 amide bonds. The van der Waals surface area contributed by atoms with Crippen LogP contribution in [0.5, 0.6) is 0 Å². The molecule has 7 aromatic carbocycles. The predicted octanol–water partition coefficient (Wildman–Crippen LogP) is 12.0. The lowest BCUT2D eigenvalue weighted by Crippen LogP contribution is -2.27. The molecular formula is C43H36N2O. The molecule has 7 aromatic rings. The highest BCUT2D eigenvalue weighted by atomic mass is 16.5. The number of ether oxygens (including phenoxy) is 1. The van der Waals surface area contributed by atoms with Crippen LogP contribution in [-0.2, 0) is 4.74 Å². The van der Waals surface area contributed by atoms with E-state index in [1.807, 2.05) is 6.26 Å². The summed E-state index contributed by atoms with van der Waals surface area (Å²) in [4.78, 5) is 4.80. The minimum absolute atomic E-state index is 0.0916. The molecule has 0 aromatic heterocycles. The van der Waals surface area contributed by atoms with Crippen molar-refractivity contribution in [1.29, 1.82) is 0 Å². The largest absolute Gasteiger partial charge is 0.492 e. The van der Waals surface area contributed by atoms with Gasteiger partial charge >= 0.3 is 0 Å². The number of benzene rings is 7. The van der Waals surface area contributed by atoms with Crippen molar-refractivity contribution in [3.8, 4) is 0 Å². The Morgan fingerprint density at radius 1 is 0.543 bits per heavy atom. The fraction of sp³-hybridized carbons (Fsp3) is 0.116. The van der Waals surface area contributed by atoms with Gasteiger partial charge in [-0.3, -0.25) is 0 Å². The second-order valence-electron chi connectivity index (χ2n) is 12.4. The molecule has 46 heavy (non-hydrogen) atoms. The van der Waals surface area contributed by atoms with E-state index in [0.29, 0.717) is 0 Å². The van der Waals surface area contributed by atoms with E-state index in [2.05, 4.69) is 171 Å². The quantitative estimate of drug-likeness (QED) is 0.178. The number of aryl methyl sites for hydroxylation is 2. The Morgan fingerprint density at radius 2 is 1.09 bits per heavy atom. The fourth-order valence-electron chi connectivity index (χ4n) is 7.02. The van der Waals surface area contributed by atoms with Crippen LogP contribution in [0.2, 0.25) is 0 Å². The summed E-state index contributed by atoms with van der Waals surface area (Å²) in [6.45, 7) is 8.58. The van der Waals surface area contributed by atoms with E-state index in [1.165, 1.54) is 54.8 Å². The first kappa shape index (κ1) is 28.0. The normalized spacial score (nSPS) is 14.7. The number of anilines is 5. The molecule has 0 saturated heterocycles. The maximum absolute atomic E-state index is 6.12. The minimum Gasteiger partial charge on any atom is -0.492 e. The van der Waals surface area contributed by atoms with Crippen LogP contribution in [0.1, 0.15) is 25.0 Å². The number of rotatable bonds is 6. The van der Waals surface area contributed by atoms with Crippen LogP contribution in [-0.4, -0.2) is 6.10 Å². The average Bonchev–Trinajstić information content (AvgIpc) is 3.09. The number of hydrogen-bond acceptors (Lipinski definition) is 3. The van der Waals surface area contributed by atoms with Gasteiger partial charge in [0.1, 0.15) is 6.10 Å². The van der Waals surface area contributed by atoms with Gasteiger partial charge in [0.2, 0.25) is 0 Å². The molecule has 1 aliphatic heterocycles. The molecule has 0 aliphatic carbocycles. The van der Waals surface area contributed by atoms with Crippen LogP contribution >= 0.6 is 0 Å². The van der Waals surface area contributed by atoms with Crippen molar-refractivity contribution < 1.29 is 4.74 Å². The van der Waals surface area contributed by atoms with E-state index in [1.54, 1.807) is 0 Å². The Labute approximate surface area is 270 Å². The van der Waals surface area contributed by atoms with Crippen LogP contribution in [0, 0.1) is 13.8 Å². The molecule has 8 rings (SSSR count). The molecule has 224 valence electrons. The predicted molar refractivity (Wildman–Crippen MR) is 195 cm³/mol. The van der Waals surface area contributed by atoms with Gasteiger partial charge in [-0.05, 0) is 114 Å². The van der Waals surface area contributed by atoms with Crippen LogP contribution in [0.4, 0.5) is 28.4 Å². The number of allylic oxidation sites excluding steroid dienone is 2. The van der Waals surface area contributed by atoms with E-state index in [9.17, 15) is 0 Å².